The van der Waals surface area contributed by atoms with Crippen LogP contribution in [0.15, 0.2) is 0 Å². The molecule has 0 aromatic heterocycles. The van der Waals surface area contributed by atoms with Crippen LogP contribution < -0.4 is 0 Å². The molecule has 1 N–H and O–H groups in total. The minimum atomic E-state index is -8.07. The summed E-state index contributed by atoms with van der Waals surface area (Å²) in [6.45, 7) is 1.96. The lowest BCUT2D eigenvalue weighted by Crippen LogP contribution is -2.70. The van der Waals surface area contributed by atoms with Gasteiger partial charge in [-0.1, -0.05) is 43.6 Å². The molecule has 0 amide bonds. The van der Waals surface area contributed by atoms with Crippen molar-refractivity contribution < 1.29 is 105 Å². The molecule has 0 aromatic carbocycles. The second-order valence-corrected chi connectivity index (χ2v) is 11.0. The first kappa shape index (κ1) is 63.0. The van der Waals surface area contributed by atoms with Crippen LogP contribution in [0.2, 0.25) is 0 Å². The Balaban J connectivity index is -0.00000217. The molecule has 0 aliphatic carbocycles. The van der Waals surface area contributed by atoms with Crippen LogP contribution in [0.3, 0.4) is 0 Å². The molecule has 0 aliphatic heterocycles. The van der Waals surface area contributed by atoms with Crippen LogP contribution in [0.1, 0.15) is 69.2 Å². The van der Waals surface area contributed by atoms with Crippen molar-refractivity contribution in [2.45, 2.75) is 105 Å². The fourth-order valence-corrected chi connectivity index (χ4v) is 3.76. The van der Waals surface area contributed by atoms with Crippen LogP contribution in [-0.4, -0.2) is 139 Å². The Kier molecular flexibility index (Phi) is 32.7. The molecular formula is C33H59F13O10. The van der Waals surface area contributed by atoms with Gasteiger partial charge in [0.15, 0.2) is 6.61 Å². The van der Waals surface area contributed by atoms with Gasteiger partial charge in [-0.05, 0) is 25.7 Å². The molecule has 10 nitrogen and oxygen atoms in total. The number of esters is 2. The van der Waals surface area contributed by atoms with Gasteiger partial charge in [0.05, 0.1) is 58.1 Å². The minimum absolute atomic E-state index is 0. The van der Waals surface area contributed by atoms with Crippen LogP contribution in [0.4, 0.5) is 57.1 Å². The number of ether oxygens (including phenoxy) is 7. The standard InChI is InChI=1S/C29H43F13O10.4CH4/c1-3-21(23(45)52-19-24(30,31)25(32,33)26(34,35)27(36,37)28(38,39)29(40,41)42)18-20(2)22(44)51-17-16-50-15-14-49-13-12-48-11-10-47-9-5-8-46-7-4-6-43;;;;/h20-21,43H,3-19H2,1-2H3;4*1H4. The largest absolute Gasteiger partial charge is 0.463 e. The SMILES string of the molecule is C.C.C.C.CCC(CC(C)C(=O)OCCOCCOCCOCCOCCCOCCCO)C(=O)OCC(F)(F)C(F)(F)C(F)(F)C(F)(F)C(F)(F)C(F)(F)F. The van der Waals surface area contributed by atoms with E-state index >= 15 is 0 Å². The maximum Gasteiger partial charge on any atom is 0.460 e. The maximum absolute atomic E-state index is 14.0. The number of halogens is 13. The van der Waals surface area contributed by atoms with E-state index in [0.29, 0.717) is 45.9 Å². The molecule has 0 aromatic rings. The topological polar surface area (TPSA) is 119 Å². The molecule has 56 heavy (non-hydrogen) atoms. The van der Waals surface area contributed by atoms with E-state index in [4.69, 9.17) is 33.5 Å². The monoisotopic (exact) mass is 862 g/mol. The lowest BCUT2D eigenvalue weighted by atomic mass is 9.93. The van der Waals surface area contributed by atoms with Crippen molar-refractivity contribution in [2.75, 3.05) is 85.9 Å². The normalized spacial score (nSPS) is 13.6. The van der Waals surface area contributed by atoms with Crippen molar-refractivity contribution in [2.24, 2.45) is 11.8 Å². The summed E-state index contributed by atoms with van der Waals surface area (Å²) < 4.78 is 207. The second-order valence-electron chi connectivity index (χ2n) is 11.0. The van der Waals surface area contributed by atoms with E-state index in [1.807, 2.05) is 0 Å². The van der Waals surface area contributed by atoms with E-state index < -0.39 is 72.6 Å². The predicted molar refractivity (Wildman–Crippen MR) is 178 cm³/mol. The van der Waals surface area contributed by atoms with Crippen molar-refractivity contribution >= 4 is 11.9 Å². The molecule has 342 valence electrons. The Morgan fingerprint density at radius 3 is 1.30 bits per heavy atom. The third-order valence-electron chi connectivity index (χ3n) is 6.87. The summed E-state index contributed by atoms with van der Waals surface area (Å²) in [6.07, 6.45) is -7.15. The summed E-state index contributed by atoms with van der Waals surface area (Å²) in [4.78, 5) is 24.4. The molecule has 0 heterocycles. The van der Waals surface area contributed by atoms with Crippen LogP contribution >= 0.6 is 0 Å². The van der Waals surface area contributed by atoms with Crippen molar-refractivity contribution in [3.63, 3.8) is 0 Å². The molecule has 0 saturated carbocycles. The summed E-state index contributed by atoms with van der Waals surface area (Å²) in [5, 5.41) is 8.62. The first-order valence-electron chi connectivity index (χ1n) is 15.7. The van der Waals surface area contributed by atoms with Crippen LogP contribution in [-0.2, 0) is 42.7 Å². The van der Waals surface area contributed by atoms with E-state index in [2.05, 4.69) is 4.74 Å². The summed E-state index contributed by atoms with van der Waals surface area (Å²) in [6, 6.07) is 0. The smallest absolute Gasteiger partial charge is 0.460 e. The fraction of sp³-hybridized carbons (Fsp3) is 0.939. The Morgan fingerprint density at radius 1 is 0.518 bits per heavy atom. The average molecular weight is 863 g/mol. The molecule has 2 unspecified atom stereocenters. The van der Waals surface area contributed by atoms with Gasteiger partial charge in [0, 0.05) is 26.4 Å². The molecule has 0 radical (unpaired) electrons. The van der Waals surface area contributed by atoms with Crippen molar-refractivity contribution in [3.05, 3.63) is 0 Å². The number of carbonyl (C=O) groups excluding carboxylic acids is 2. The third-order valence-corrected chi connectivity index (χ3v) is 6.87. The lowest BCUT2D eigenvalue weighted by molar-refractivity contribution is -0.441. The van der Waals surface area contributed by atoms with Gasteiger partial charge in [0.2, 0.25) is 0 Å². The molecule has 0 spiro atoms. The lowest BCUT2D eigenvalue weighted by Gasteiger charge is -2.39. The zero-order valence-corrected chi connectivity index (χ0v) is 28.2. The van der Waals surface area contributed by atoms with Gasteiger partial charge in [-0.15, -0.1) is 0 Å². The van der Waals surface area contributed by atoms with Gasteiger partial charge in [-0.25, -0.2) is 0 Å². The van der Waals surface area contributed by atoms with Gasteiger partial charge in [0.25, 0.3) is 0 Å². The minimum Gasteiger partial charge on any atom is -0.463 e. The highest BCUT2D eigenvalue weighted by Crippen LogP contribution is 2.60. The van der Waals surface area contributed by atoms with E-state index in [0.717, 1.165) is 0 Å². The van der Waals surface area contributed by atoms with Gasteiger partial charge in [0.1, 0.15) is 6.61 Å². The van der Waals surface area contributed by atoms with E-state index in [1.54, 1.807) is 0 Å². The third kappa shape index (κ3) is 19.0. The van der Waals surface area contributed by atoms with Gasteiger partial charge >= 0.3 is 47.7 Å². The van der Waals surface area contributed by atoms with E-state index in [9.17, 15) is 66.7 Å². The molecule has 2 atom stereocenters. The highest BCUT2D eigenvalue weighted by atomic mass is 19.4. The van der Waals surface area contributed by atoms with Gasteiger partial charge in [-0.3, -0.25) is 9.59 Å². The number of aliphatic hydroxyl groups excluding tert-OH is 1. The Morgan fingerprint density at radius 2 is 0.893 bits per heavy atom. The zero-order valence-electron chi connectivity index (χ0n) is 28.2. The summed E-state index contributed by atoms with van der Waals surface area (Å²) in [7, 11) is 0. The van der Waals surface area contributed by atoms with Crippen LogP contribution in [0.5, 0.6) is 0 Å². The number of carbonyl (C=O) groups is 2. The van der Waals surface area contributed by atoms with Gasteiger partial charge < -0.3 is 38.3 Å². The Hall–Kier alpha value is -2.21. The molecule has 0 bridgehead atoms. The number of hydrogen-bond donors (Lipinski definition) is 1. The summed E-state index contributed by atoms with van der Waals surface area (Å²) >= 11 is 0. The zero-order chi connectivity index (χ0) is 40.3. The summed E-state index contributed by atoms with van der Waals surface area (Å²) in [5.74, 6) is -43.6. The molecule has 23 heteroatoms. The highest BCUT2D eigenvalue weighted by molar-refractivity contribution is 5.75. The molecule has 0 fully saturated rings. The van der Waals surface area contributed by atoms with Crippen molar-refractivity contribution in [1.29, 1.82) is 0 Å². The summed E-state index contributed by atoms with van der Waals surface area (Å²) in [5.41, 5.74) is 0. The first-order valence-corrected chi connectivity index (χ1v) is 15.7. The second kappa shape index (κ2) is 29.1. The molecule has 0 saturated heterocycles. The van der Waals surface area contributed by atoms with Crippen LogP contribution in [0.25, 0.3) is 0 Å². The van der Waals surface area contributed by atoms with Crippen molar-refractivity contribution in [1.82, 2.24) is 0 Å². The number of hydrogen-bond acceptors (Lipinski definition) is 10. The number of aliphatic hydroxyl groups is 1. The molecule has 0 aliphatic rings. The van der Waals surface area contributed by atoms with Crippen molar-refractivity contribution in [3.8, 4) is 0 Å². The first-order chi connectivity index (χ1) is 24.0. The van der Waals surface area contributed by atoms with Crippen LogP contribution in [0, 0.1) is 11.8 Å². The molecule has 0 rings (SSSR count). The maximum atomic E-state index is 14.0. The average Bonchev–Trinajstić information content (AvgIpc) is 3.05. The fourth-order valence-electron chi connectivity index (χ4n) is 3.76. The Bertz CT molecular complexity index is 1020. The predicted octanol–water partition coefficient (Wildman–Crippen LogP) is 8.26. The number of alkyl halides is 13. The van der Waals surface area contributed by atoms with Gasteiger partial charge in [-0.2, -0.15) is 57.1 Å². The Labute approximate surface area is 320 Å². The highest BCUT2D eigenvalue weighted by Gasteiger charge is 2.90. The van der Waals surface area contributed by atoms with E-state index in [-0.39, 0.29) is 82.4 Å². The molecular weight excluding hydrogens is 803 g/mol. The van der Waals surface area contributed by atoms with E-state index in [1.165, 1.54) is 13.8 Å². The number of rotatable bonds is 30. The quantitative estimate of drug-likeness (QED) is 0.0430.